The van der Waals surface area contributed by atoms with E-state index in [-0.39, 0.29) is 18.2 Å². The lowest BCUT2D eigenvalue weighted by molar-refractivity contribution is -0.143. The number of hydrogen-bond acceptors (Lipinski definition) is 4. The van der Waals surface area contributed by atoms with Gasteiger partial charge in [0.1, 0.15) is 12.1 Å². The second kappa shape index (κ2) is 6.08. The van der Waals surface area contributed by atoms with Gasteiger partial charge in [-0.3, -0.25) is 14.6 Å². The third-order valence-electron chi connectivity index (χ3n) is 1.91. The molecule has 0 aliphatic rings. The molecule has 1 aromatic heterocycles. The zero-order valence-corrected chi connectivity index (χ0v) is 9.77. The van der Waals surface area contributed by atoms with Gasteiger partial charge in [0, 0.05) is 6.20 Å². The molecular formula is C12H14FNO3. The van der Waals surface area contributed by atoms with Gasteiger partial charge < -0.3 is 4.74 Å². The number of pyridine rings is 1. The summed E-state index contributed by atoms with van der Waals surface area (Å²) in [5, 5.41) is 0. The largest absolute Gasteiger partial charge is 0.465 e. The molecule has 0 saturated heterocycles. The number of Topliss-reactive ketones (excluding diaryl/α,β-unsaturated/α-hetero) is 1. The van der Waals surface area contributed by atoms with E-state index >= 15 is 0 Å². The number of ether oxygens (including phenoxy) is 1. The number of carbonyl (C=O) groups is 2. The van der Waals surface area contributed by atoms with Crippen LogP contribution in [-0.2, 0) is 9.53 Å². The van der Waals surface area contributed by atoms with Gasteiger partial charge in [0.05, 0.1) is 6.61 Å². The highest BCUT2D eigenvalue weighted by Crippen LogP contribution is 2.06. The molecule has 0 radical (unpaired) electrons. The summed E-state index contributed by atoms with van der Waals surface area (Å²) < 4.78 is 18.0. The molecule has 0 bridgehead atoms. The van der Waals surface area contributed by atoms with Gasteiger partial charge in [-0.15, -0.1) is 0 Å². The summed E-state index contributed by atoms with van der Waals surface area (Å²) in [5.74, 6) is -1.86. The van der Waals surface area contributed by atoms with Crippen molar-refractivity contribution in [3.8, 4) is 0 Å². The molecule has 92 valence electrons. The highest BCUT2D eigenvalue weighted by Gasteiger charge is 2.17. The minimum absolute atomic E-state index is 0.195. The number of aromatic nitrogens is 1. The molecule has 0 saturated carbocycles. The molecule has 1 aromatic rings. The Morgan fingerprint density at radius 3 is 2.76 bits per heavy atom. The molecule has 0 aliphatic carbocycles. The SMILES string of the molecule is CC(C)COC(=O)CC(=O)c1ncccc1F. The van der Waals surface area contributed by atoms with Crippen molar-refractivity contribution in [2.75, 3.05) is 6.61 Å². The minimum atomic E-state index is -0.728. The fraction of sp³-hybridized carbons (Fsp3) is 0.417. The average Bonchev–Trinajstić information content (AvgIpc) is 2.26. The van der Waals surface area contributed by atoms with E-state index in [4.69, 9.17) is 4.74 Å². The molecule has 0 unspecified atom stereocenters. The maximum absolute atomic E-state index is 13.2. The highest BCUT2D eigenvalue weighted by atomic mass is 19.1. The predicted octanol–water partition coefficient (Wildman–Crippen LogP) is 1.99. The van der Waals surface area contributed by atoms with Gasteiger partial charge in [0.15, 0.2) is 11.6 Å². The topological polar surface area (TPSA) is 56.3 Å². The molecule has 4 nitrogen and oxygen atoms in total. The second-order valence-corrected chi connectivity index (χ2v) is 4.01. The van der Waals surface area contributed by atoms with Crippen LogP contribution in [0.5, 0.6) is 0 Å². The molecule has 1 heterocycles. The highest BCUT2D eigenvalue weighted by molar-refractivity contribution is 6.04. The molecule has 17 heavy (non-hydrogen) atoms. The number of hydrogen-bond donors (Lipinski definition) is 0. The zero-order valence-electron chi connectivity index (χ0n) is 9.77. The normalized spacial score (nSPS) is 10.4. The first-order valence-electron chi connectivity index (χ1n) is 5.30. The van der Waals surface area contributed by atoms with Gasteiger partial charge in [-0.2, -0.15) is 0 Å². The van der Waals surface area contributed by atoms with Crippen LogP contribution in [0.1, 0.15) is 30.8 Å². The summed E-state index contributed by atoms with van der Waals surface area (Å²) in [7, 11) is 0. The van der Waals surface area contributed by atoms with Gasteiger partial charge in [-0.05, 0) is 18.1 Å². The molecule has 0 aromatic carbocycles. The predicted molar refractivity (Wildman–Crippen MR) is 58.9 cm³/mol. The monoisotopic (exact) mass is 239 g/mol. The van der Waals surface area contributed by atoms with E-state index in [1.54, 1.807) is 0 Å². The van der Waals surface area contributed by atoms with Crippen molar-refractivity contribution in [2.45, 2.75) is 20.3 Å². The first kappa shape index (κ1) is 13.3. The molecule has 5 heteroatoms. The number of rotatable bonds is 5. The number of esters is 1. The number of nitrogens with zero attached hydrogens (tertiary/aromatic N) is 1. The van der Waals surface area contributed by atoms with Crippen LogP contribution >= 0.6 is 0 Å². The Morgan fingerprint density at radius 2 is 2.18 bits per heavy atom. The molecule has 0 fully saturated rings. The van der Waals surface area contributed by atoms with Gasteiger partial charge in [0.25, 0.3) is 0 Å². The summed E-state index contributed by atoms with van der Waals surface area (Å²) in [6.07, 6.45) is 0.816. The van der Waals surface area contributed by atoms with E-state index in [9.17, 15) is 14.0 Å². The van der Waals surface area contributed by atoms with Crippen molar-refractivity contribution in [1.29, 1.82) is 0 Å². The van der Waals surface area contributed by atoms with Gasteiger partial charge in [-0.1, -0.05) is 13.8 Å². The van der Waals surface area contributed by atoms with E-state index in [1.165, 1.54) is 12.3 Å². The maximum atomic E-state index is 13.2. The van der Waals surface area contributed by atoms with E-state index in [1.807, 2.05) is 13.8 Å². The molecular weight excluding hydrogens is 225 g/mol. The third kappa shape index (κ3) is 4.30. The summed E-state index contributed by atoms with van der Waals surface area (Å²) in [6, 6.07) is 2.50. The molecule has 0 amide bonds. The van der Waals surface area contributed by atoms with Crippen LogP contribution in [0, 0.1) is 11.7 Å². The minimum Gasteiger partial charge on any atom is -0.465 e. The van der Waals surface area contributed by atoms with Crippen LogP contribution in [-0.4, -0.2) is 23.3 Å². The lowest BCUT2D eigenvalue weighted by Crippen LogP contribution is -2.16. The molecule has 0 spiro atoms. The number of carbonyl (C=O) groups excluding carboxylic acids is 2. The first-order chi connectivity index (χ1) is 8.00. The first-order valence-corrected chi connectivity index (χ1v) is 5.30. The quantitative estimate of drug-likeness (QED) is 0.448. The average molecular weight is 239 g/mol. The summed E-state index contributed by atoms with van der Waals surface area (Å²) in [6.45, 7) is 4.01. The van der Waals surface area contributed by atoms with Crippen molar-refractivity contribution in [2.24, 2.45) is 5.92 Å². The lowest BCUT2D eigenvalue weighted by atomic mass is 10.2. The maximum Gasteiger partial charge on any atom is 0.313 e. The number of ketones is 1. The van der Waals surface area contributed by atoms with E-state index in [2.05, 4.69) is 4.98 Å². The summed E-state index contributed by atoms with van der Waals surface area (Å²) in [5.41, 5.74) is -0.325. The number of halogens is 1. The Morgan fingerprint density at radius 1 is 1.47 bits per heavy atom. The van der Waals surface area contributed by atoms with Crippen LogP contribution in [0.25, 0.3) is 0 Å². The van der Waals surface area contributed by atoms with Crippen molar-refractivity contribution in [3.63, 3.8) is 0 Å². The Balaban J connectivity index is 2.55. The second-order valence-electron chi connectivity index (χ2n) is 4.01. The summed E-state index contributed by atoms with van der Waals surface area (Å²) >= 11 is 0. The van der Waals surface area contributed by atoms with Gasteiger partial charge >= 0.3 is 5.97 Å². The molecule has 0 aliphatic heterocycles. The molecule has 0 N–H and O–H groups in total. The van der Waals surface area contributed by atoms with E-state index < -0.39 is 24.0 Å². The van der Waals surface area contributed by atoms with Crippen molar-refractivity contribution < 1.29 is 18.7 Å². The summed E-state index contributed by atoms with van der Waals surface area (Å²) in [4.78, 5) is 26.4. The Hall–Kier alpha value is -1.78. The van der Waals surface area contributed by atoms with Crippen molar-refractivity contribution in [3.05, 3.63) is 29.8 Å². The van der Waals surface area contributed by atoms with Gasteiger partial charge in [-0.25, -0.2) is 4.39 Å². The van der Waals surface area contributed by atoms with Crippen LogP contribution in [0.2, 0.25) is 0 Å². The van der Waals surface area contributed by atoms with Crippen LogP contribution in [0.3, 0.4) is 0 Å². The lowest BCUT2D eigenvalue weighted by Gasteiger charge is -2.06. The fourth-order valence-corrected chi connectivity index (χ4v) is 1.12. The standard InChI is InChI=1S/C12H14FNO3/c1-8(2)7-17-11(16)6-10(15)12-9(13)4-3-5-14-12/h3-5,8H,6-7H2,1-2H3. The smallest absolute Gasteiger partial charge is 0.313 e. The Kier molecular flexibility index (Phi) is 4.75. The van der Waals surface area contributed by atoms with Crippen LogP contribution in [0.4, 0.5) is 4.39 Å². The fourth-order valence-electron chi connectivity index (χ4n) is 1.12. The molecule has 0 atom stereocenters. The van der Waals surface area contributed by atoms with E-state index in [0.717, 1.165) is 6.07 Å². The van der Waals surface area contributed by atoms with Crippen LogP contribution in [0.15, 0.2) is 18.3 Å². The third-order valence-corrected chi connectivity index (χ3v) is 1.91. The Labute approximate surface area is 98.8 Å². The van der Waals surface area contributed by atoms with Crippen molar-refractivity contribution >= 4 is 11.8 Å². The van der Waals surface area contributed by atoms with Gasteiger partial charge in [0.2, 0.25) is 0 Å². The van der Waals surface area contributed by atoms with Crippen molar-refractivity contribution in [1.82, 2.24) is 4.98 Å². The van der Waals surface area contributed by atoms with E-state index in [0.29, 0.717) is 0 Å². The zero-order chi connectivity index (χ0) is 12.8. The molecule has 1 rings (SSSR count). The van der Waals surface area contributed by atoms with Crippen LogP contribution < -0.4 is 0 Å². The Bertz CT molecular complexity index is 418.